The van der Waals surface area contributed by atoms with E-state index in [1.165, 1.54) is 4.90 Å². The number of benzene rings is 1. The highest BCUT2D eigenvalue weighted by molar-refractivity contribution is 6.31. The minimum Gasteiger partial charge on any atom is -0.497 e. The highest BCUT2D eigenvalue weighted by atomic mass is 35.5. The molecule has 292 valence electrons. The molecule has 0 radical (unpaired) electrons. The van der Waals surface area contributed by atoms with Crippen LogP contribution in [0, 0.1) is 11.8 Å². The first kappa shape index (κ1) is 39.3. The van der Waals surface area contributed by atoms with Crippen molar-refractivity contribution < 1.29 is 38.1 Å². The van der Waals surface area contributed by atoms with Crippen molar-refractivity contribution in [3.63, 3.8) is 0 Å². The van der Waals surface area contributed by atoms with Crippen molar-refractivity contribution >= 4 is 46.5 Å². The second-order valence-corrected chi connectivity index (χ2v) is 15.1. The van der Waals surface area contributed by atoms with Crippen LogP contribution in [0.5, 0.6) is 11.6 Å². The van der Waals surface area contributed by atoms with Crippen LogP contribution in [0.2, 0.25) is 5.15 Å². The van der Waals surface area contributed by atoms with Gasteiger partial charge in [-0.25, -0.2) is 19.6 Å². The molecule has 1 aromatic carbocycles. The monoisotopic (exact) mass is 765 g/mol. The Morgan fingerprint density at radius 3 is 2.78 bits per heavy atom. The Morgan fingerprint density at radius 2 is 1.98 bits per heavy atom. The minimum atomic E-state index is -1.23. The average Bonchev–Trinajstić information content (AvgIpc) is 3.43. The molecule has 6 rings (SSSR count). The number of carbonyl (C=O) groups is 4. The first-order valence-corrected chi connectivity index (χ1v) is 19.8. The predicted octanol–water partition coefficient (Wildman–Crippen LogP) is 6.22. The number of hydrogen-bond donors (Lipinski definition) is 2. The van der Waals surface area contributed by atoms with E-state index in [4.69, 9.17) is 30.5 Å². The van der Waals surface area contributed by atoms with Crippen molar-refractivity contribution in [2.24, 2.45) is 11.8 Å². The number of carbonyl (C=O) groups excluding carboxylic acids is 4. The number of rotatable bonds is 11. The third kappa shape index (κ3) is 9.10. The summed E-state index contributed by atoms with van der Waals surface area (Å²) >= 11 is 6.53. The standard InChI is InChI=1S/C40H52ClN5O8/c1-4-6-10-14-25-15-13-18-33(25)54-39(50)44-30-17-12-9-7-8-11-16-26-23-40(26,38(49)52-5-2)45-35(47)32-22-28(24-46(32)37(30)48)53-36-34(41)42-29-20-19-27(51-3)21-31(29)43-36/h4,11,16,19-21,25-26,28,30,32-33H,1,5-10,12-15,17-18,22-24H2,2-3H3,(H,44,50)(H,45,47)/b16-11-/t25-,26-,28-,30+,32+,33-,40-/m1/s1. The molecule has 54 heavy (non-hydrogen) atoms. The summed E-state index contributed by atoms with van der Waals surface area (Å²) in [5.41, 5.74) is -0.192. The van der Waals surface area contributed by atoms with E-state index in [-0.39, 0.29) is 48.5 Å². The summed E-state index contributed by atoms with van der Waals surface area (Å²) in [4.78, 5) is 66.0. The Labute approximate surface area is 321 Å². The lowest BCUT2D eigenvalue weighted by Crippen LogP contribution is -2.56. The van der Waals surface area contributed by atoms with Crippen LogP contribution in [0.15, 0.2) is 43.0 Å². The lowest BCUT2D eigenvalue weighted by atomic mass is 9.98. The maximum atomic E-state index is 14.6. The zero-order valence-corrected chi connectivity index (χ0v) is 32.0. The molecular formula is C40H52ClN5O8. The van der Waals surface area contributed by atoms with E-state index in [0.29, 0.717) is 36.0 Å². The predicted molar refractivity (Wildman–Crippen MR) is 202 cm³/mol. The van der Waals surface area contributed by atoms with Gasteiger partial charge in [0.05, 0.1) is 31.3 Å². The summed E-state index contributed by atoms with van der Waals surface area (Å²) in [5.74, 6) is -0.789. The van der Waals surface area contributed by atoms with Gasteiger partial charge in [-0.1, -0.05) is 42.7 Å². The third-order valence-corrected chi connectivity index (χ3v) is 11.3. The van der Waals surface area contributed by atoms with Gasteiger partial charge in [0.2, 0.25) is 11.8 Å². The molecule has 3 amide bonds. The fourth-order valence-electron chi connectivity index (χ4n) is 8.08. The fourth-order valence-corrected chi connectivity index (χ4v) is 8.25. The number of methoxy groups -OCH3 is 1. The van der Waals surface area contributed by atoms with Crippen molar-refractivity contribution in [3.8, 4) is 11.6 Å². The van der Waals surface area contributed by atoms with Gasteiger partial charge in [0.15, 0.2) is 5.15 Å². The Bertz CT molecular complexity index is 1740. The molecule has 2 N–H and O–H groups in total. The Balaban J connectivity index is 1.25. The maximum absolute atomic E-state index is 14.6. The van der Waals surface area contributed by atoms with Gasteiger partial charge in [0.25, 0.3) is 5.88 Å². The van der Waals surface area contributed by atoms with Gasteiger partial charge >= 0.3 is 12.1 Å². The topological polar surface area (TPSA) is 158 Å². The molecule has 1 aromatic heterocycles. The van der Waals surface area contributed by atoms with Crippen LogP contribution < -0.4 is 20.1 Å². The second-order valence-electron chi connectivity index (χ2n) is 14.8. The third-order valence-electron chi connectivity index (χ3n) is 11.1. The number of esters is 1. The summed E-state index contributed by atoms with van der Waals surface area (Å²) in [5, 5.41) is 5.88. The number of hydrogen-bond acceptors (Lipinski definition) is 10. The van der Waals surface area contributed by atoms with Crippen LogP contribution in [-0.2, 0) is 23.9 Å². The van der Waals surface area contributed by atoms with Crippen LogP contribution >= 0.6 is 11.6 Å². The number of ether oxygens (including phenoxy) is 4. The molecular weight excluding hydrogens is 714 g/mol. The van der Waals surface area contributed by atoms with Gasteiger partial charge in [0.1, 0.15) is 35.6 Å². The van der Waals surface area contributed by atoms with E-state index in [0.717, 1.165) is 57.8 Å². The minimum absolute atomic E-state index is 0.00203. The van der Waals surface area contributed by atoms with Crippen molar-refractivity contribution in [1.29, 1.82) is 0 Å². The number of aromatic nitrogens is 2. The van der Waals surface area contributed by atoms with Gasteiger partial charge in [-0.05, 0) is 89.2 Å². The summed E-state index contributed by atoms with van der Waals surface area (Å²) in [7, 11) is 1.55. The highest BCUT2D eigenvalue weighted by Crippen LogP contribution is 2.46. The number of nitrogens with one attached hydrogen (secondary N) is 2. The molecule has 0 spiro atoms. The maximum Gasteiger partial charge on any atom is 0.408 e. The van der Waals surface area contributed by atoms with E-state index >= 15 is 0 Å². The first-order chi connectivity index (χ1) is 26.1. The molecule has 13 nitrogen and oxygen atoms in total. The molecule has 2 aliphatic heterocycles. The fraction of sp³-hybridized carbons (Fsp3) is 0.600. The van der Waals surface area contributed by atoms with Crippen LogP contribution in [-0.4, -0.2) is 88.8 Å². The Morgan fingerprint density at radius 1 is 1.13 bits per heavy atom. The van der Waals surface area contributed by atoms with E-state index in [1.807, 2.05) is 18.2 Å². The normalized spacial score (nSPS) is 29.1. The molecule has 2 aromatic rings. The number of halogens is 1. The number of unbranched alkanes of at least 4 members (excludes halogenated alkanes) is 1. The van der Waals surface area contributed by atoms with Gasteiger partial charge < -0.3 is 34.5 Å². The average molecular weight is 766 g/mol. The summed E-state index contributed by atoms with van der Waals surface area (Å²) in [6.07, 6.45) is 13.9. The van der Waals surface area contributed by atoms with E-state index < -0.39 is 47.6 Å². The molecule has 14 heteroatoms. The smallest absolute Gasteiger partial charge is 0.408 e. The largest absolute Gasteiger partial charge is 0.497 e. The number of nitrogens with zero attached hydrogens (tertiary/aromatic N) is 3. The van der Waals surface area contributed by atoms with Crippen LogP contribution in [0.1, 0.15) is 90.4 Å². The molecule has 2 saturated carbocycles. The van der Waals surface area contributed by atoms with Crippen LogP contribution in [0.3, 0.4) is 0 Å². The second kappa shape index (κ2) is 17.8. The summed E-state index contributed by atoms with van der Waals surface area (Å²) in [6, 6.07) is 3.22. The molecule has 3 heterocycles. The first-order valence-electron chi connectivity index (χ1n) is 19.4. The molecule has 2 aliphatic carbocycles. The van der Waals surface area contributed by atoms with E-state index in [1.54, 1.807) is 32.2 Å². The van der Waals surface area contributed by atoms with Crippen molar-refractivity contribution in [2.45, 2.75) is 120 Å². The van der Waals surface area contributed by atoms with E-state index in [9.17, 15) is 19.2 Å². The highest BCUT2D eigenvalue weighted by Gasteiger charge is 2.62. The summed E-state index contributed by atoms with van der Waals surface area (Å²) in [6.45, 7) is 5.70. The molecule has 1 saturated heterocycles. The van der Waals surface area contributed by atoms with Gasteiger partial charge in [-0.2, -0.15) is 0 Å². The number of alkyl carbamates (subject to hydrolysis) is 1. The van der Waals surface area contributed by atoms with Gasteiger partial charge in [0, 0.05) is 18.4 Å². The molecule has 0 bridgehead atoms. The van der Waals surface area contributed by atoms with E-state index in [2.05, 4.69) is 27.2 Å². The van der Waals surface area contributed by atoms with Gasteiger partial charge in [-0.3, -0.25) is 9.59 Å². The zero-order chi connectivity index (χ0) is 38.2. The molecule has 3 fully saturated rings. The van der Waals surface area contributed by atoms with Gasteiger partial charge in [-0.15, -0.1) is 6.58 Å². The van der Waals surface area contributed by atoms with Crippen LogP contribution in [0.4, 0.5) is 4.79 Å². The lowest BCUT2D eigenvalue weighted by Gasteiger charge is -2.30. The quantitative estimate of drug-likeness (QED) is 0.153. The molecule has 4 aliphatic rings. The lowest BCUT2D eigenvalue weighted by molar-refractivity contribution is -0.150. The number of allylic oxidation sites excluding steroid dienone is 2. The van der Waals surface area contributed by atoms with Crippen LogP contribution in [0.25, 0.3) is 11.0 Å². The molecule has 0 unspecified atom stereocenters. The zero-order valence-electron chi connectivity index (χ0n) is 31.2. The van der Waals surface area contributed by atoms with Crippen molar-refractivity contribution in [3.05, 3.63) is 48.2 Å². The molecule has 7 atom stereocenters. The Kier molecular flexibility index (Phi) is 13.0. The summed E-state index contributed by atoms with van der Waals surface area (Å²) < 4.78 is 23.0. The SMILES string of the molecule is C=CCCC[C@@H]1CCC[C@H]1OC(=O)N[C@H]1CCCCC/C=C\[C@@H]2C[C@@]2(C(=O)OCC)NC(=O)[C@@H]2C[C@@H](Oc3nc4cc(OC)ccc4nc3Cl)CN2C1=O. The number of amides is 3. The number of fused-ring (bicyclic) bond motifs is 3. The van der Waals surface area contributed by atoms with Crippen molar-refractivity contribution in [1.82, 2.24) is 25.5 Å². The Hall–Kier alpha value is -4.39. The van der Waals surface area contributed by atoms with Crippen molar-refractivity contribution in [2.75, 3.05) is 20.3 Å².